The summed E-state index contributed by atoms with van der Waals surface area (Å²) < 4.78 is 14.9. The van der Waals surface area contributed by atoms with Gasteiger partial charge in [-0.05, 0) is 19.4 Å². The largest absolute Gasteiger partial charge is 0.463 e. The highest BCUT2D eigenvalue weighted by Crippen LogP contribution is 2.18. The first-order chi connectivity index (χ1) is 9.10. The highest BCUT2D eigenvalue weighted by molar-refractivity contribution is 5.81. The predicted molar refractivity (Wildman–Crippen MR) is 68.4 cm³/mol. The van der Waals surface area contributed by atoms with Gasteiger partial charge in [-0.3, -0.25) is 0 Å². The molecule has 0 spiro atoms. The van der Waals surface area contributed by atoms with Crippen LogP contribution in [-0.4, -0.2) is 31.8 Å². The van der Waals surface area contributed by atoms with E-state index in [0.29, 0.717) is 5.56 Å². The average molecular weight is 266 g/mol. The maximum absolute atomic E-state index is 11.9. The number of methoxy groups -OCH3 is 1. The fourth-order valence-corrected chi connectivity index (χ4v) is 1.54. The molecular formula is C14H18O5. The third-order valence-corrected chi connectivity index (χ3v) is 2.46. The molecule has 2 atom stereocenters. The van der Waals surface area contributed by atoms with Gasteiger partial charge in [0.25, 0.3) is 0 Å². The monoisotopic (exact) mass is 266 g/mol. The van der Waals surface area contributed by atoms with Gasteiger partial charge in [0.15, 0.2) is 12.2 Å². The van der Waals surface area contributed by atoms with E-state index in [1.54, 1.807) is 31.2 Å². The van der Waals surface area contributed by atoms with Crippen LogP contribution in [0.3, 0.4) is 0 Å². The summed E-state index contributed by atoms with van der Waals surface area (Å²) in [6.07, 6.45) is -1.80. The molecule has 0 aliphatic rings. The van der Waals surface area contributed by atoms with Gasteiger partial charge in [-0.25, -0.2) is 9.59 Å². The number of ether oxygens (including phenoxy) is 3. The van der Waals surface area contributed by atoms with Gasteiger partial charge in [0, 0.05) is 7.11 Å². The minimum Gasteiger partial charge on any atom is -0.463 e. The predicted octanol–water partition coefficient (Wildman–Crippen LogP) is 1.87. The number of rotatable bonds is 6. The molecule has 0 heterocycles. The smallest absolute Gasteiger partial charge is 0.347 e. The molecule has 0 fully saturated rings. The van der Waals surface area contributed by atoms with Crippen LogP contribution in [0.4, 0.5) is 0 Å². The zero-order valence-corrected chi connectivity index (χ0v) is 11.3. The van der Waals surface area contributed by atoms with E-state index < -0.39 is 24.1 Å². The Hall–Kier alpha value is -1.88. The lowest BCUT2D eigenvalue weighted by atomic mass is 10.1. The number of carbonyl (C=O) groups excluding carboxylic acids is 2. The van der Waals surface area contributed by atoms with Gasteiger partial charge in [0.1, 0.15) is 0 Å². The summed E-state index contributed by atoms with van der Waals surface area (Å²) in [6, 6.07) is 8.94. The van der Waals surface area contributed by atoms with Crippen molar-refractivity contribution in [1.82, 2.24) is 0 Å². The summed E-state index contributed by atoms with van der Waals surface area (Å²) in [5, 5.41) is 0. The fourth-order valence-electron chi connectivity index (χ4n) is 1.54. The van der Waals surface area contributed by atoms with Crippen LogP contribution in [0.2, 0.25) is 0 Å². The summed E-state index contributed by atoms with van der Waals surface area (Å²) in [6.45, 7) is 3.40. The highest BCUT2D eigenvalue weighted by Gasteiger charge is 2.26. The molecule has 0 aromatic heterocycles. The van der Waals surface area contributed by atoms with Crippen molar-refractivity contribution in [3.8, 4) is 0 Å². The summed E-state index contributed by atoms with van der Waals surface area (Å²) in [4.78, 5) is 23.3. The summed E-state index contributed by atoms with van der Waals surface area (Å²) in [5.74, 6) is -1.19. The van der Waals surface area contributed by atoms with Crippen molar-refractivity contribution in [2.24, 2.45) is 0 Å². The number of esters is 2. The first-order valence-corrected chi connectivity index (χ1v) is 6.05. The molecular weight excluding hydrogens is 248 g/mol. The molecule has 0 unspecified atom stereocenters. The minimum absolute atomic E-state index is 0.243. The second-order valence-corrected chi connectivity index (χ2v) is 3.86. The SMILES string of the molecule is CCOC(=O)[C@H](C)OC(=O)[C@@H](OC)c1ccccc1. The van der Waals surface area contributed by atoms with Crippen LogP contribution in [0.15, 0.2) is 30.3 Å². The number of hydrogen-bond donors (Lipinski definition) is 0. The van der Waals surface area contributed by atoms with Crippen LogP contribution in [-0.2, 0) is 23.8 Å². The van der Waals surface area contributed by atoms with Crippen molar-refractivity contribution >= 4 is 11.9 Å². The van der Waals surface area contributed by atoms with Gasteiger partial charge in [-0.1, -0.05) is 30.3 Å². The van der Waals surface area contributed by atoms with Crippen LogP contribution in [0.1, 0.15) is 25.5 Å². The van der Waals surface area contributed by atoms with Gasteiger partial charge >= 0.3 is 11.9 Å². The lowest BCUT2D eigenvalue weighted by molar-refractivity contribution is -0.173. The lowest BCUT2D eigenvalue weighted by Gasteiger charge is -2.17. The molecule has 0 N–H and O–H groups in total. The van der Waals surface area contributed by atoms with Crippen molar-refractivity contribution in [1.29, 1.82) is 0 Å². The molecule has 19 heavy (non-hydrogen) atoms. The minimum atomic E-state index is -0.950. The van der Waals surface area contributed by atoms with Crippen LogP contribution in [0.25, 0.3) is 0 Å². The quantitative estimate of drug-likeness (QED) is 0.735. The Kier molecular flexibility index (Phi) is 6.02. The van der Waals surface area contributed by atoms with Gasteiger partial charge in [-0.15, -0.1) is 0 Å². The summed E-state index contributed by atoms with van der Waals surface area (Å²) in [7, 11) is 1.41. The average Bonchev–Trinajstić information content (AvgIpc) is 2.41. The van der Waals surface area contributed by atoms with Gasteiger partial charge < -0.3 is 14.2 Å². The lowest BCUT2D eigenvalue weighted by Crippen LogP contribution is -2.29. The molecule has 0 aliphatic carbocycles. The van der Waals surface area contributed by atoms with Gasteiger partial charge in [-0.2, -0.15) is 0 Å². The maximum Gasteiger partial charge on any atom is 0.347 e. The molecule has 0 aliphatic heterocycles. The van der Waals surface area contributed by atoms with Crippen molar-refractivity contribution < 1.29 is 23.8 Å². The van der Waals surface area contributed by atoms with E-state index in [9.17, 15) is 9.59 Å². The van der Waals surface area contributed by atoms with E-state index in [1.165, 1.54) is 14.0 Å². The zero-order chi connectivity index (χ0) is 14.3. The standard InChI is InChI=1S/C14H18O5/c1-4-18-13(15)10(2)19-14(16)12(17-3)11-8-6-5-7-9-11/h5-10,12H,4H2,1-3H3/t10-,12-/m0/s1. The van der Waals surface area contributed by atoms with Crippen molar-refractivity contribution in [3.63, 3.8) is 0 Å². The molecule has 0 amide bonds. The van der Waals surface area contributed by atoms with E-state index in [1.807, 2.05) is 6.07 Å². The Bertz CT molecular complexity index is 415. The molecule has 0 radical (unpaired) electrons. The molecule has 0 saturated heterocycles. The number of benzene rings is 1. The molecule has 5 nitrogen and oxygen atoms in total. The third-order valence-electron chi connectivity index (χ3n) is 2.46. The third kappa shape index (κ3) is 4.37. The topological polar surface area (TPSA) is 61.8 Å². The van der Waals surface area contributed by atoms with Crippen molar-refractivity contribution in [2.45, 2.75) is 26.1 Å². The van der Waals surface area contributed by atoms with Crippen LogP contribution in [0, 0.1) is 0 Å². The van der Waals surface area contributed by atoms with Crippen LogP contribution in [0.5, 0.6) is 0 Å². The summed E-state index contributed by atoms with van der Waals surface area (Å²) >= 11 is 0. The normalized spacial score (nSPS) is 13.4. The van der Waals surface area contributed by atoms with Crippen molar-refractivity contribution in [2.75, 3.05) is 13.7 Å². The first kappa shape index (κ1) is 15.2. The molecule has 1 aromatic carbocycles. The second kappa shape index (κ2) is 7.53. The molecule has 0 saturated carbocycles. The molecule has 104 valence electrons. The summed E-state index contributed by atoms with van der Waals surface area (Å²) in [5.41, 5.74) is 0.672. The number of carbonyl (C=O) groups is 2. The Morgan fingerprint density at radius 2 is 1.79 bits per heavy atom. The maximum atomic E-state index is 11.9. The molecule has 0 bridgehead atoms. The van der Waals surface area contributed by atoms with Crippen molar-refractivity contribution in [3.05, 3.63) is 35.9 Å². The van der Waals surface area contributed by atoms with E-state index in [0.717, 1.165) is 0 Å². The van der Waals surface area contributed by atoms with E-state index in [2.05, 4.69) is 0 Å². The molecule has 1 rings (SSSR count). The Balaban J connectivity index is 2.68. The van der Waals surface area contributed by atoms with E-state index in [-0.39, 0.29) is 6.61 Å². The Morgan fingerprint density at radius 1 is 1.16 bits per heavy atom. The van der Waals surface area contributed by atoms with Gasteiger partial charge in [0.05, 0.1) is 6.61 Å². The van der Waals surface area contributed by atoms with E-state index in [4.69, 9.17) is 14.2 Å². The Labute approximate surface area is 112 Å². The van der Waals surface area contributed by atoms with Gasteiger partial charge in [0.2, 0.25) is 0 Å². The Morgan fingerprint density at radius 3 is 2.32 bits per heavy atom. The highest BCUT2D eigenvalue weighted by atomic mass is 16.6. The first-order valence-electron chi connectivity index (χ1n) is 6.05. The molecule has 5 heteroatoms. The van der Waals surface area contributed by atoms with Crippen LogP contribution < -0.4 is 0 Å². The second-order valence-electron chi connectivity index (χ2n) is 3.86. The van der Waals surface area contributed by atoms with E-state index >= 15 is 0 Å². The fraction of sp³-hybridized carbons (Fsp3) is 0.429. The zero-order valence-electron chi connectivity index (χ0n) is 11.3. The number of hydrogen-bond acceptors (Lipinski definition) is 5. The molecule has 1 aromatic rings. The van der Waals surface area contributed by atoms with Crippen LogP contribution >= 0.6 is 0 Å².